The van der Waals surface area contributed by atoms with E-state index in [2.05, 4.69) is 10.2 Å². The molecule has 4 nitrogen and oxygen atoms in total. The normalized spacial score (nSPS) is 14.6. The van der Waals surface area contributed by atoms with Gasteiger partial charge in [-0.2, -0.15) is 0 Å². The molecule has 0 aliphatic carbocycles. The van der Waals surface area contributed by atoms with Gasteiger partial charge in [0.1, 0.15) is 4.88 Å². The minimum Gasteiger partial charge on any atom is -0.378 e. The number of ether oxygens (including phenoxy) is 1. The molecular formula is C19H15Cl3N2O2S. The summed E-state index contributed by atoms with van der Waals surface area (Å²) >= 11 is 20.2. The van der Waals surface area contributed by atoms with Crippen molar-refractivity contribution < 1.29 is 9.53 Å². The second-order valence-corrected chi connectivity index (χ2v) is 8.38. The van der Waals surface area contributed by atoms with Crippen LogP contribution in [0, 0.1) is 0 Å². The molecule has 3 aromatic rings. The quantitative estimate of drug-likeness (QED) is 0.546. The van der Waals surface area contributed by atoms with Crippen LogP contribution >= 0.6 is 46.1 Å². The first-order valence-electron chi connectivity index (χ1n) is 8.34. The number of rotatable bonds is 3. The van der Waals surface area contributed by atoms with Gasteiger partial charge in [0.25, 0.3) is 5.91 Å². The molecule has 1 aliphatic heterocycles. The smallest absolute Gasteiger partial charge is 0.267 e. The van der Waals surface area contributed by atoms with Gasteiger partial charge in [0.15, 0.2) is 0 Å². The fourth-order valence-corrected chi connectivity index (χ4v) is 5.01. The Morgan fingerprint density at radius 1 is 1.07 bits per heavy atom. The summed E-state index contributed by atoms with van der Waals surface area (Å²) in [6, 6.07) is 10.9. The number of nitrogens with zero attached hydrogens (tertiary/aromatic N) is 1. The molecular weight excluding hydrogens is 427 g/mol. The lowest BCUT2D eigenvalue weighted by Gasteiger charge is -2.29. The van der Waals surface area contributed by atoms with Gasteiger partial charge in [0.2, 0.25) is 0 Å². The van der Waals surface area contributed by atoms with Gasteiger partial charge >= 0.3 is 0 Å². The summed E-state index contributed by atoms with van der Waals surface area (Å²) in [5.41, 5.74) is 1.56. The molecule has 140 valence electrons. The Morgan fingerprint density at radius 3 is 2.59 bits per heavy atom. The molecule has 2 aromatic carbocycles. The molecule has 0 bridgehead atoms. The van der Waals surface area contributed by atoms with Gasteiger partial charge in [-0.05, 0) is 30.3 Å². The van der Waals surface area contributed by atoms with Crippen LogP contribution in [0.25, 0.3) is 10.1 Å². The molecule has 1 fully saturated rings. The van der Waals surface area contributed by atoms with E-state index in [1.807, 2.05) is 18.2 Å². The van der Waals surface area contributed by atoms with Crippen LogP contribution in [0.4, 0.5) is 11.4 Å². The third-order valence-electron chi connectivity index (χ3n) is 4.36. The van der Waals surface area contributed by atoms with E-state index in [4.69, 9.17) is 39.5 Å². The van der Waals surface area contributed by atoms with Crippen LogP contribution < -0.4 is 10.2 Å². The Bertz CT molecular complexity index is 1020. The van der Waals surface area contributed by atoms with E-state index in [0.717, 1.165) is 28.9 Å². The van der Waals surface area contributed by atoms with Gasteiger partial charge in [0.05, 0.1) is 28.9 Å². The number of hydrogen-bond donors (Lipinski definition) is 1. The molecule has 1 N–H and O–H groups in total. The van der Waals surface area contributed by atoms with Crippen molar-refractivity contribution in [1.29, 1.82) is 0 Å². The summed E-state index contributed by atoms with van der Waals surface area (Å²) in [5.74, 6) is -0.271. The lowest BCUT2D eigenvalue weighted by atomic mass is 10.2. The summed E-state index contributed by atoms with van der Waals surface area (Å²) in [5, 5.41) is 5.32. The highest BCUT2D eigenvalue weighted by atomic mass is 35.5. The van der Waals surface area contributed by atoms with Crippen LogP contribution in [0.1, 0.15) is 9.67 Å². The van der Waals surface area contributed by atoms with Crippen molar-refractivity contribution in [2.75, 3.05) is 36.5 Å². The van der Waals surface area contributed by atoms with Crippen molar-refractivity contribution >= 4 is 73.5 Å². The van der Waals surface area contributed by atoms with Crippen molar-refractivity contribution in [2.24, 2.45) is 0 Å². The second-order valence-electron chi connectivity index (χ2n) is 6.11. The van der Waals surface area contributed by atoms with Crippen LogP contribution in [0.5, 0.6) is 0 Å². The minimum absolute atomic E-state index is 0.271. The first kappa shape index (κ1) is 18.8. The van der Waals surface area contributed by atoms with E-state index in [9.17, 15) is 4.79 Å². The lowest BCUT2D eigenvalue weighted by molar-refractivity contribution is 0.103. The Kier molecular flexibility index (Phi) is 5.48. The number of thiophene rings is 1. The maximum absolute atomic E-state index is 12.7. The summed E-state index contributed by atoms with van der Waals surface area (Å²) in [4.78, 5) is 15.3. The SMILES string of the molecule is O=C(Nc1ccc(N2CCOCC2)c(Cl)c1)c1sc2cc(Cl)ccc2c1Cl. The minimum atomic E-state index is -0.271. The first-order chi connectivity index (χ1) is 13.0. The zero-order valence-electron chi connectivity index (χ0n) is 14.1. The molecule has 1 aliphatic rings. The van der Waals surface area contributed by atoms with E-state index in [0.29, 0.717) is 38.8 Å². The van der Waals surface area contributed by atoms with Crippen molar-refractivity contribution in [3.8, 4) is 0 Å². The Hall–Kier alpha value is -1.50. The summed E-state index contributed by atoms with van der Waals surface area (Å²) in [6.45, 7) is 2.96. The molecule has 1 saturated heterocycles. The van der Waals surface area contributed by atoms with Crippen LogP contribution in [0.15, 0.2) is 36.4 Å². The third kappa shape index (κ3) is 3.89. The molecule has 0 saturated carbocycles. The monoisotopic (exact) mass is 440 g/mol. The topological polar surface area (TPSA) is 41.6 Å². The number of benzene rings is 2. The summed E-state index contributed by atoms with van der Waals surface area (Å²) < 4.78 is 6.24. The number of fused-ring (bicyclic) bond motifs is 1. The number of morpholine rings is 1. The van der Waals surface area contributed by atoms with Crippen molar-refractivity contribution in [3.63, 3.8) is 0 Å². The third-order valence-corrected chi connectivity index (χ3v) is 6.55. The van der Waals surface area contributed by atoms with Crippen molar-refractivity contribution in [1.82, 2.24) is 0 Å². The number of carbonyl (C=O) groups excluding carboxylic acids is 1. The van der Waals surface area contributed by atoms with Gasteiger partial charge in [0, 0.05) is 33.9 Å². The standard InChI is InChI=1S/C19H15Cl3N2O2S/c20-11-1-3-13-16(9-11)27-18(17(13)22)19(25)23-12-2-4-15(14(21)10-12)24-5-7-26-8-6-24/h1-4,9-10H,5-8H2,(H,23,25). The van der Waals surface area contributed by atoms with Crippen LogP contribution in [-0.4, -0.2) is 32.2 Å². The highest BCUT2D eigenvalue weighted by molar-refractivity contribution is 7.21. The van der Waals surface area contributed by atoms with E-state index < -0.39 is 0 Å². The number of halogens is 3. The highest BCUT2D eigenvalue weighted by Crippen LogP contribution is 2.37. The van der Waals surface area contributed by atoms with Crippen LogP contribution in [-0.2, 0) is 4.74 Å². The summed E-state index contributed by atoms with van der Waals surface area (Å²) in [6.07, 6.45) is 0. The van der Waals surface area contributed by atoms with E-state index in [1.165, 1.54) is 11.3 Å². The predicted molar refractivity (Wildman–Crippen MR) is 114 cm³/mol. The number of hydrogen-bond acceptors (Lipinski definition) is 4. The molecule has 2 heterocycles. The molecule has 27 heavy (non-hydrogen) atoms. The van der Waals surface area contributed by atoms with Crippen molar-refractivity contribution in [3.05, 3.63) is 56.3 Å². The largest absolute Gasteiger partial charge is 0.378 e. The molecule has 1 amide bonds. The van der Waals surface area contributed by atoms with Gasteiger partial charge in [-0.1, -0.05) is 40.9 Å². The average molecular weight is 442 g/mol. The Morgan fingerprint density at radius 2 is 1.85 bits per heavy atom. The fourth-order valence-electron chi connectivity index (χ4n) is 3.02. The number of nitrogens with one attached hydrogen (secondary N) is 1. The molecule has 0 unspecified atom stereocenters. The van der Waals surface area contributed by atoms with Gasteiger partial charge < -0.3 is 15.0 Å². The molecule has 8 heteroatoms. The Balaban J connectivity index is 1.56. The fraction of sp³-hybridized carbons (Fsp3) is 0.211. The van der Waals surface area contributed by atoms with E-state index in [-0.39, 0.29) is 5.91 Å². The van der Waals surface area contributed by atoms with Crippen molar-refractivity contribution in [2.45, 2.75) is 0 Å². The zero-order valence-corrected chi connectivity index (χ0v) is 17.2. The number of amides is 1. The lowest BCUT2D eigenvalue weighted by Crippen LogP contribution is -2.36. The second kappa shape index (κ2) is 7.86. The first-order valence-corrected chi connectivity index (χ1v) is 10.3. The van der Waals surface area contributed by atoms with Gasteiger partial charge in [-0.15, -0.1) is 11.3 Å². The van der Waals surface area contributed by atoms with Gasteiger partial charge in [-0.25, -0.2) is 0 Å². The maximum atomic E-state index is 12.7. The molecule has 0 radical (unpaired) electrons. The average Bonchev–Trinajstić information content (AvgIpc) is 2.98. The summed E-state index contributed by atoms with van der Waals surface area (Å²) in [7, 11) is 0. The Labute approximate surface area is 175 Å². The number of carbonyl (C=O) groups is 1. The molecule has 4 rings (SSSR count). The predicted octanol–water partition coefficient (Wildman–Crippen LogP) is 5.95. The van der Waals surface area contributed by atoms with Crippen LogP contribution in [0.2, 0.25) is 15.1 Å². The van der Waals surface area contributed by atoms with Crippen LogP contribution in [0.3, 0.4) is 0 Å². The molecule has 0 spiro atoms. The number of anilines is 2. The highest BCUT2D eigenvalue weighted by Gasteiger charge is 2.19. The molecule has 0 atom stereocenters. The molecule has 1 aromatic heterocycles. The van der Waals surface area contributed by atoms with E-state index >= 15 is 0 Å². The maximum Gasteiger partial charge on any atom is 0.267 e. The van der Waals surface area contributed by atoms with Gasteiger partial charge in [-0.3, -0.25) is 4.79 Å². The van der Waals surface area contributed by atoms with E-state index in [1.54, 1.807) is 18.2 Å². The zero-order chi connectivity index (χ0) is 19.0.